The van der Waals surface area contributed by atoms with Gasteiger partial charge in [-0.05, 0) is 53.7 Å². The number of hydrogen-bond donors (Lipinski definition) is 1. The molecule has 6 heteroatoms. The minimum absolute atomic E-state index is 0.0755. The number of hydrogen-bond acceptors (Lipinski definition) is 5. The molecule has 1 aromatic carbocycles. The zero-order valence-electron chi connectivity index (χ0n) is 11.9. The van der Waals surface area contributed by atoms with Gasteiger partial charge in [0.2, 0.25) is 0 Å². The van der Waals surface area contributed by atoms with Gasteiger partial charge in [0.25, 0.3) is 5.89 Å². The van der Waals surface area contributed by atoms with Crippen LogP contribution in [0.3, 0.4) is 0 Å². The van der Waals surface area contributed by atoms with E-state index in [1.165, 1.54) is 0 Å². The maximum Gasteiger partial charge on any atom is 0.264 e. The molecule has 0 radical (unpaired) electrons. The first-order valence-corrected chi connectivity index (χ1v) is 7.91. The number of para-hydroxylation sites is 1. The average molecular weight is 352 g/mol. The van der Waals surface area contributed by atoms with Crippen molar-refractivity contribution < 1.29 is 9.26 Å². The molecule has 5 nitrogen and oxygen atoms in total. The van der Waals surface area contributed by atoms with Crippen molar-refractivity contribution >= 4 is 15.9 Å². The lowest BCUT2D eigenvalue weighted by Gasteiger charge is -2.13. The van der Waals surface area contributed by atoms with Crippen molar-refractivity contribution in [2.24, 2.45) is 5.73 Å². The summed E-state index contributed by atoms with van der Waals surface area (Å²) in [5.41, 5.74) is 6.95. The first kappa shape index (κ1) is 14.5. The summed E-state index contributed by atoms with van der Waals surface area (Å²) >= 11 is 3.52. The quantitative estimate of drug-likeness (QED) is 0.864. The molecule has 0 saturated heterocycles. The predicted molar refractivity (Wildman–Crippen MR) is 82.1 cm³/mol. The van der Waals surface area contributed by atoms with Crippen LogP contribution in [0.25, 0.3) is 0 Å². The van der Waals surface area contributed by atoms with E-state index in [9.17, 15) is 0 Å². The van der Waals surface area contributed by atoms with Crippen molar-refractivity contribution in [3.8, 4) is 5.75 Å². The number of benzene rings is 1. The Morgan fingerprint density at radius 1 is 1.48 bits per heavy atom. The molecule has 1 heterocycles. The third-order valence-corrected chi connectivity index (χ3v) is 3.98. The van der Waals surface area contributed by atoms with Gasteiger partial charge < -0.3 is 15.0 Å². The fourth-order valence-electron chi connectivity index (χ4n) is 2.19. The second kappa shape index (κ2) is 6.15. The minimum Gasteiger partial charge on any atom is -0.482 e. The van der Waals surface area contributed by atoms with Gasteiger partial charge in [0.15, 0.2) is 12.4 Å². The molecule has 1 aromatic heterocycles. The van der Waals surface area contributed by atoms with Crippen molar-refractivity contribution in [1.29, 1.82) is 0 Å². The van der Waals surface area contributed by atoms with E-state index in [4.69, 9.17) is 15.0 Å². The van der Waals surface area contributed by atoms with Crippen molar-refractivity contribution in [2.75, 3.05) is 0 Å². The van der Waals surface area contributed by atoms with E-state index in [1.54, 1.807) is 0 Å². The zero-order valence-corrected chi connectivity index (χ0v) is 13.5. The van der Waals surface area contributed by atoms with E-state index in [0.717, 1.165) is 40.9 Å². The van der Waals surface area contributed by atoms with Gasteiger partial charge in [-0.25, -0.2) is 0 Å². The number of aromatic nitrogens is 2. The van der Waals surface area contributed by atoms with Crippen LogP contribution in [0.2, 0.25) is 0 Å². The molecule has 0 bridgehead atoms. The Bertz CT molecular complexity index is 623. The Balaban J connectivity index is 1.71. The molecule has 3 rings (SSSR count). The van der Waals surface area contributed by atoms with Crippen LogP contribution in [0.5, 0.6) is 5.75 Å². The molecule has 1 fully saturated rings. The lowest BCUT2D eigenvalue weighted by Crippen LogP contribution is -2.18. The molecular weight excluding hydrogens is 334 g/mol. The van der Waals surface area contributed by atoms with E-state index < -0.39 is 0 Å². The summed E-state index contributed by atoms with van der Waals surface area (Å²) < 4.78 is 12.0. The minimum atomic E-state index is 0.0755. The van der Waals surface area contributed by atoms with Crippen LogP contribution in [0.1, 0.15) is 43.0 Å². The predicted octanol–water partition coefficient (Wildman–Crippen LogP) is 3.18. The summed E-state index contributed by atoms with van der Waals surface area (Å²) in [7, 11) is 0. The van der Waals surface area contributed by atoms with E-state index in [-0.39, 0.29) is 12.6 Å². The van der Waals surface area contributed by atoms with Crippen molar-refractivity contribution in [1.82, 2.24) is 10.1 Å². The molecule has 112 valence electrons. The highest BCUT2D eigenvalue weighted by molar-refractivity contribution is 9.10. The van der Waals surface area contributed by atoms with Gasteiger partial charge in [-0.15, -0.1) is 0 Å². The normalized spacial score (nSPS) is 16.0. The highest BCUT2D eigenvalue weighted by atomic mass is 79.9. The summed E-state index contributed by atoms with van der Waals surface area (Å²) in [6, 6.07) is 6.02. The van der Waals surface area contributed by atoms with Gasteiger partial charge in [0.1, 0.15) is 5.75 Å². The van der Waals surface area contributed by atoms with E-state index in [2.05, 4.69) is 26.1 Å². The molecule has 2 N–H and O–H groups in total. The second-order valence-corrected chi connectivity index (χ2v) is 6.37. The van der Waals surface area contributed by atoms with Crippen LogP contribution in [0.4, 0.5) is 0 Å². The summed E-state index contributed by atoms with van der Waals surface area (Å²) in [6.07, 6.45) is 3.07. The number of nitrogens with zero attached hydrogens (tertiary/aromatic N) is 2. The fourth-order valence-corrected chi connectivity index (χ4v) is 2.71. The Kier molecular flexibility index (Phi) is 4.26. The highest BCUT2D eigenvalue weighted by Gasteiger charge is 2.28. The van der Waals surface area contributed by atoms with Crippen molar-refractivity contribution in [2.45, 2.75) is 44.8 Å². The summed E-state index contributed by atoms with van der Waals surface area (Å²) in [5, 5.41) is 3.99. The van der Waals surface area contributed by atoms with E-state index >= 15 is 0 Å². The molecule has 1 unspecified atom stereocenters. The Morgan fingerprint density at radius 3 is 3.00 bits per heavy atom. The van der Waals surface area contributed by atoms with Gasteiger partial charge in [0.05, 0.1) is 4.47 Å². The van der Waals surface area contributed by atoms with Crippen LogP contribution >= 0.6 is 15.9 Å². The van der Waals surface area contributed by atoms with E-state index in [0.29, 0.717) is 11.8 Å². The number of halogens is 1. The van der Waals surface area contributed by atoms with Gasteiger partial charge >= 0.3 is 0 Å². The van der Waals surface area contributed by atoms with Gasteiger partial charge in [-0.1, -0.05) is 17.3 Å². The Labute approximate surface area is 132 Å². The largest absolute Gasteiger partial charge is 0.482 e. The van der Waals surface area contributed by atoms with Gasteiger partial charge in [-0.2, -0.15) is 4.98 Å². The Hall–Kier alpha value is -1.40. The molecule has 2 aromatic rings. The number of nitrogens with two attached hydrogens (primary N) is 1. The molecule has 0 aliphatic heterocycles. The standard InChI is InChI=1S/C15H18BrN3O2/c1-9(17)7-11-3-2-4-12(16)14(11)20-8-13-18-15(19-21-13)10-5-6-10/h2-4,9-10H,5-8,17H2,1H3. The smallest absolute Gasteiger partial charge is 0.264 e. The number of rotatable bonds is 6. The van der Waals surface area contributed by atoms with Crippen molar-refractivity contribution in [3.63, 3.8) is 0 Å². The SMILES string of the molecule is CC(N)Cc1cccc(Br)c1OCc1nc(C2CC2)no1. The van der Waals surface area contributed by atoms with Gasteiger partial charge in [-0.3, -0.25) is 0 Å². The zero-order chi connectivity index (χ0) is 14.8. The lowest BCUT2D eigenvalue weighted by molar-refractivity contribution is 0.239. The lowest BCUT2D eigenvalue weighted by atomic mass is 10.1. The summed E-state index contributed by atoms with van der Waals surface area (Å²) in [4.78, 5) is 4.36. The average Bonchev–Trinajstić information content (AvgIpc) is 3.17. The first-order valence-electron chi connectivity index (χ1n) is 7.11. The number of ether oxygens (including phenoxy) is 1. The maximum atomic E-state index is 5.88. The summed E-state index contributed by atoms with van der Waals surface area (Å²) in [5.74, 6) is 2.59. The molecule has 0 amide bonds. The van der Waals surface area contributed by atoms with Gasteiger partial charge in [0, 0.05) is 12.0 Å². The third-order valence-electron chi connectivity index (χ3n) is 3.36. The fraction of sp³-hybridized carbons (Fsp3) is 0.467. The molecule has 21 heavy (non-hydrogen) atoms. The van der Waals surface area contributed by atoms with E-state index in [1.807, 2.05) is 25.1 Å². The van der Waals surface area contributed by atoms with Crippen LogP contribution in [-0.2, 0) is 13.0 Å². The van der Waals surface area contributed by atoms with Crippen molar-refractivity contribution in [3.05, 3.63) is 40.0 Å². The van der Waals surface area contributed by atoms with Crippen LogP contribution in [0.15, 0.2) is 27.2 Å². The third kappa shape index (κ3) is 3.63. The molecule has 1 aliphatic rings. The Morgan fingerprint density at radius 2 is 2.29 bits per heavy atom. The van der Waals surface area contributed by atoms with Crippen LogP contribution in [-0.4, -0.2) is 16.2 Å². The molecule has 1 aliphatic carbocycles. The molecular formula is C15H18BrN3O2. The highest BCUT2D eigenvalue weighted by Crippen LogP contribution is 2.38. The monoisotopic (exact) mass is 351 g/mol. The molecule has 1 atom stereocenters. The maximum absolute atomic E-state index is 5.88. The molecule has 0 spiro atoms. The molecule has 1 saturated carbocycles. The topological polar surface area (TPSA) is 74.2 Å². The summed E-state index contributed by atoms with van der Waals surface area (Å²) in [6.45, 7) is 2.25. The van der Waals surface area contributed by atoms with Crippen LogP contribution in [0, 0.1) is 0 Å². The first-order chi connectivity index (χ1) is 10.1. The van der Waals surface area contributed by atoms with Crippen LogP contribution < -0.4 is 10.5 Å². The second-order valence-electron chi connectivity index (χ2n) is 5.52.